The number of rotatable bonds is 10. The number of nitrogens with one attached hydrogen (secondary N) is 1. The van der Waals surface area contributed by atoms with Crippen LogP contribution in [0.1, 0.15) is 25.7 Å². The maximum Gasteiger partial charge on any atom is 0.302 e. The predicted octanol–water partition coefficient (Wildman–Crippen LogP) is -5.12. The molecule has 1 aliphatic carbocycles. The zero-order valence-electron chi connectivity index (χ0n) is 21.4. The van der Waals surface area contributed by atoms with Crippen molar-refractivity contribution in [1.82, 2.24) is 5.32 Å². The highest BCUT2D eigenvalue weighted by Gasteiger charge is 2.61. The van der Waals surface area contributed by atoms with E-state index in [-0.39, 0.29) is 25.9 Å². The number of aliphatic hydroxyl groups excluding tert-OH is 4. The molecule has 3 fully saturated rings. The Morgan fingerprint density at radius 2 is 1.69 bits per heavy atom. The van der Waals surface area contributed by atoms with Gasteiger partial charge in [-0.2, -0.15) is 0 Å². The minimum atomic E-state index is -3.95. The Morgan fingerprint density at radius 3 is 2.31 bits per heavy atom. The lowest BCUT2D eigenvalue weighted by Gasteiger charge is -2.49. The van der Waals surface area contributed by atoms with Crippen molar-refractivity contribution >= 4 is 5.91 Å². The first kappa shape index (κ1) is 32.3. The van der Waals surface area contributed by atoms with E-state index in [9.17, 15) is 25.2 Å². The number of carbonyl (C=O) groups excluding carboxylic acids is 1. The molecule has 39 heavy (non-hydrogen) atoms. The fraction of sp³-hybridized carbons (Fsp3) is 0.955. The lowest BCUT2D eigenvalue weighted by molar-refractivity contribution is -0.342. The van der Waals surface area contributed by atoms with Crippen molar-refractivity contribution in [3.05, 3.63) is 0 Å². The molecule has 17 heteroatoms. The van der Waals surface area contributed by atoms with E-state index in [1.807, 2.05) is 0 Å². The Kier molecular flexibility index (Phi) is 11.3. The summed E-state index contributed by atoms with van der Waals surface area (Å²) in [7, 11) is 0. The van der Waals surface area contributed by atoms with Crippen LogP contribution in [-0.4, -0.2) is 131 Å². The number of halogens is 2. The number of ether oxygens (including phenoxy) is 4. The van der Waals surface area contributed by atoms with Gasteiger partial charge in [-0.25, -0.2) is 8.78 Å². The van der Waals surface area contributed by atoms with Gasteiger partial charge in [0.15, 0.2) is 12.6 Å². The van der Waals surface area contributed by atoms with Crippen LogP contribution in [0.3, 0.4) is 0 Å². The molecule has 0 aromatic heterocycles. The zero-order chi connectivity index (χ0) is 29.1. The van der Waals surface area contributed by atoms with Gasteiger partial charge in [-0.1, -0.05) is 0 Å². The topological polar surface area (TPSA) is 277 Å². The Bertz CT molecular complexity index is 805. The highest BCUT2D eigenvalue weighted by atomic mass is 19.3. The van der Waals surface area contributed by atoms with Gasteiger partial charge in [0.2, 0.25) is 5.91 Å². The summed E-state index contributed by atoms with van der Waals surface area (Å²) in [6.45, 7) is -0.662. The van der Waals surface area contributed by atoms with E-state index in [0.717, 1.165) is 0 Å². The predicted molar refractivity (Wildman–Crippen MR) is 130 cm³/mol. The van der Waals surface area contributed by atoms with Crippen molar-refractivity contribution in [3.8, 4) is 0 Å². The zero-order valence-corrected chi connectivity index (χ0v) is 21.4. The summed E-state index contributed by atoms with van der Waals surface area (Å²) in [5.74, 6) is -4.94. The van der Waals surface area contributed by atoms with Gasteiger partial charge in [0.25, 0.3) is 0 Å². The van der Waals surface area contributed by atoms with Gasteiger partial charge in [-0.15, -0.1) is 0 Å². The first-order valence-electron chi connectivity index (χ1n) is 13.0. The molecule has 13 unspecified atom stereocenters. The van der Waals surface area contributed by atoms with Gasteiger partial charge in [0, 0.05) is 12.6 Å². The van der Waals surface area contributed by atoms with E-state index in [2.05, 4.69) is 5.32 Å². The largest absolute Gasteiger partial charge is 0.394 e. The van der Waals surface area contributed by atoms with Crippen LogP contribution in [-0.2, 0) is 23.7 Å². The van der Waals surface area contributed by atoms with E-state index in [1.54, 1.807) is 0 Å². The quantitative estimate of drug-likeness (QED) is 0.117. The minimum absolute atomic E-state index is 0.0406. The first-order chi connectivity index (χ1) is 18.3. The van der Waals surface area contributed by atoms with Crippen LogP contribution in [0.2, 0.25) is 0 Å². The van der Waals surface area contributed by atoms with Crippen LogP contribution in [0.15, 0.2) is 0 Å². The summed E-state index contributed by atoms with van der Waals surface area (Å²) in [5.41, 5.74) is 29.0. The van der Waals surface area contributed by atoms with Crippen molar-refractivity contribution in [3.63, 3.8) is 0 Å². The smallest absolute Gasteiger partial charge is 0.302 e. The summed E-state index contributed by atoms with van der Waals surface area (Å²) >= 11 is 0. The Hall–Kier alpha value is -1.19. The van der Waals surface area contributed by atoms with E-state index < -0.39 is 97.9 Å². The second-order valence-corrected chi connectivity index (χ2v) is 10.3. The van der Waals surface area contributed by atoms with Crippen molar-refractivity contribution in [2.75, 3.05) is 19.7 Å². The molecule has 2 saturated heterocycles. The number of nitrogens with two attached hydrogens (primary N) is 5. The molecular formula is C22H42F2N6O9. The molecule has 3 aliphatic rings. The Morgan fingerprint density at radius 1 is 1.03 bits per heavy atom. The van der Waals surface area contributed by atoms with Gasteiger partial charge in [-0.05, 0) is 32.2 Å². The summed E-state index contributed by atoms with van der Waals surface area (Å²) in [5, 5.41) is 42.5. The molecule has 1 saturated carbocycles. The van der Waals surface area contributed by atoms with Crippen LogP contribution in [0.25, 0.3) is 0 Å². The minimum Gasteiger partial charge on any atom is -0.394 e. The third kappa shape index (κ3) is 7.18. The maximum atomic E-state index is 16.2. The fourth-order valence-corrected chi connectivity index (χ4v) is 5.03. The van der Waals surface area contributed by atoms with Crippen LogP contribution in [0.4, 0.5) is 8.78 Å². The highest BCUT2D eigenvalue weighted by Crippen LogP contribution is 2.40. The normalized spacial score (nSPS) is 43.6. The molecule has 0 aromatic rings. The standard InChI is InChI=1S/C22H42F2N6O9/c23-22(24)17(38-20-9(27)2-1-8(6-26)36-20)10(28)5-11(30-19(35)12(32)3-4-25)18(22)39-21-16(34)14(29)15(33)13(7-31)37-21/h8-18,20-21,31-34H,1-7,25-29H2,(H,30,35). The highest BCUT2D eigenvalue weighted by molar-refractivity contribution is 5.80. The van der Waals surface area contributed by atoms with Crippen LogP contribution in [0, 0.1) is 0 Å². The molecule has 13 atom stereocenters. The van der Waals surface area contributed by atoms with Gasteiger partial charge >= 0.3 is 5.92 Å². The van der Waals surface area contributed by atoms with Crippen molar-refractivity contribution in [1.29, 1.82) is 0 Å². The van der Waals surface area contributed by atoms with Crippen LogP contribution < -0.4 is 34.0 Å². The Labute approximate surface area is 224 Å². The molecule has 1 amide bonds. The monoisotopic (exact) mass is 572 g/mol. The number of carbonyl (C=O) groups is 1. The average Bonchev–Trinajstić information content (AvgIpc) is 2.89. The molecule has 0 aromatic carbocycles. The number of hydrogen-bond acceptors (Lipinski definition) is 14. The third-order valence-electron chi connectivity index (χ3n) is 7.37. The average molecular weight is 573 g/mol. The van der Waals surface area contributed by atoms with Gasteiger partial charge in [0.05, 0.1) is 30.8 Å². The van der Waals surface area contributed by atoms with E-state index in [4.69, 9.17) is 47.6 Å². The molecular weight excluding hydrogens is 530 g/mol. The second-order valence-electron chi connectivity index (χ2n) is 10.3. The Balaban J connectivity index is 1.89. The van der Waals surface area contributed by atoms with E-state index in [1.165, 1.54) is 0 Å². The summed E-state index contributed by atoms with van der Waals surface area (Å²) in [4.78, 5) is 12.5. The van der Waals surface area contributed by atoms with Crippen LogP contribution in [0.5, 0.6) is 0 Å². The summed E-state index contributed by atoms with van der Waals surface area (Å²) in [6, 6.07) is -5.02. The molecule has 0 spiro atoms. The van der Waals surface area contributed by atoms with Crippen LogP contribution >= 0.6 is 0 Å². The molecule has 15 nitrogen and oxygen atoms in total. The molecule has 2 heterocycles. The molecule has 0 radical (unpaired) electrons. The van der Waals surface area contributed by atoms with E-state index in [0.29, 0.717) is 12.8 Å². The second kappa shape index (κ2) is 13.6. The molecule has 2 aliphatic heterocycles. The van der Waals surface area contributed by atoms with Gasteiger partial charge < -0.3 is 73.4 Å². The van der Waals surface area contributed by atoms with Gasteiger partial charge in [0.1, 0.15) is 36.6 Å². The SMILES string of the molecule is NCCC(O)C(=O)NC1CC(N)C(OC2OC(CN)CCC2N)C(F)(F)C1OC1OC(CO)C(O)C(N)C1O. The fourth-order valence-electron chi connectivity index (χ4n) is 5.03. The van der Waals surface area contributed by atoms with Gasteiger partial charge in [-0.3, -0.25) is 4.79 Å². The van der Waals surface area contributed by atoms with Crippen molar-refractivity contribution < 1.29 is 52.9 Å². The first-order valence-corrected chi connectivity index (χ1v) is 13.0. The summed E-state index contributed by atoms with van der Waals surface area (Å²) < 4.78 is 54.5. The number of hydrogen-bond donors (Lipinski definition) is 10. The van der Waals surface area contributed by atoms with Crippen molar-refractivity contribution in [2.24, 2.45) is 28.7 Å². The number of aliphatic hydroxyl groups is 4. The maximum absolute atomic E-state index is 16.2. The lowest BCUT2D eigenvalue weighted by Crippen LogP contribution is -2.71. The molecule has 228 valence electrons. The molecule has 0 bridgehead atoms. The summed E-state index contributed by atoms with van der Waals surface area (Å²) in [6.07, 6.45) is -13.6. The molecule has 3 rings (SSSR count). The number of alkyl halides is 2. The number of amides is 1. The van der Waals surface area contributed by atoms with Crippen molar-refractivity contribution in [2.45, 2.75) is 111 Å². The third-order valence-corrected chi connectivity index (χ3v) is 7.37. The van der Waals surface area contributed by atoms with E-state index >= 15 is 8.78 Å². The lowest BCUT2D eigenvalue weighted by atomic mass is 9.82. The molecule has 15 N–H and O–H groups in total.